The summed E-state index contributed by atoms with van der Waals surface area (Å²) in [4.78, 5) is 41.9. The zero-order valence-electron chi connectivity index (χ0n) is 23.2. The third-order valence-corrected chi connectivity index (χ3v) is 7.56. The third kappa shape index (κ3) is 7.46. The van der Waals surface area contributed by atoms with Gasteiger partial charge in [0, 0.05) is 42.6 Å². The van der Waals surface area contributed by atoms with Gasteiger partial charge in [-0.05, 0) is 76.7 Å². The summed E-state index contributed by atoms with van der Waals surface area (Å²) in [7, 11) is 3.68. The van der Waals surface area contributed by atoms with Gasteiger partial charge in [-0.2, -0.15) is 0 Å². The molecule has 220 valence electrons. The summed E-state index contributed by atoms with van der Waals surface area (Å²) in [5, 5.41) is 12.7. The van der Waals surface area contributed by atoms with Gasteiger partial charge < -0.3 is 15.3 Å². The van der Waals surface area contributed by atoms with E-state index in [1.165, 1.54) is 33.9 Å². The number of hydrogen-bond donors (Lipinski definition) is 2. The van der Waals surface area contributed by atoms with Crippen LogP contribution in [-0.2, 0) is 4.79 Å². The molecule has 1 saturated carbocycles. The lowest BCUT2D eigenvalue weighted by molar-refractivity contribution is -0.142. The molecule has 0 radical (unpaired) electrons. The number of urea groups is 1. The van der Waals surface area contributed by atoms with Gasteiger partial charge >= 0.3 is 12.0 Å². The Labute approximate surface area is 236 Å². The molecule has 0 spiro atoms. The molecule has 1 aliphatic carbocycles. The van der Waals surface area contributed by atoms with Crippen molar-refractivity contribution >= 4 is 40.2 Å². The normalized spacial score (nSPS) is 16.0. The number of nitrogens with one attached hydrogen (secondary N) is 1. The summed E-state index contributed by atoms with van der Waals surface area (Å²) < 4.78 is 43.4. The van der Waals surface area contributed by atoms with Gasteiger partial charge in [0.15, 0.2) is 0 Å². The molecule has 2 amide bonds. The summed E-state index contributed by atoms with van der Waals surface area (Å²) in [6.07, 6.45) is 1.41. The molecular weight excluding hydrogens is 537 g/mol. The summed E-state index contributed by atoms with van der Waals surface area (Å²) in [6, 6.07) is 11.5. The molecule has 4 rings (SSSR count). The maximum absolute atomic E-state index is 14.3. The van der Waals surface area contributed by atoms with Gasteiger partial charge in [-0.15, -0.1) is 0 Å². The highest BCUT2D eigenvalue weighted by Crippen LogP contribution is 2.37. The second-order valence-electron chi connectivity index (χ2n) is 10.9. The molecule has 8 nitrogen and oxygen atoms in total. The number of nitrogens with zero attached hydrogens (tertiary/aromatic N) is 3. The fourth-order valence-electron chi connectivity index (χ4n) is 5.27. The average Bonchev–Trinajstić information content (AvgIpc) is 3.27. The smallest absolute Gasteiger partial charge is 0.326 e. The van der Waals surface area contributed by atoms with E-state index in [0.29, 0.717) is 24.2 Å². The highest BCUT2D eigenvalue weighted by molar-refractivity contribution is 6.09. The lowest BCUT2D eigenvalue weighted by Crippen LogP contribution is -2.46. The van der Waals surface area contributed by atoms with Crippen LogP contribution in [0.15, 0.2) is 54.7 Å². The largest absolute Gasteiger partial charge is 0.481 e. The summed E-state index contributed by atoms with van der Waals surface area (Å²) in [5.41, 5.74) is 1.07. The topological polar surface area (TPSA) is 94.9 Å². The minimum Gasteiger partial charge on any atom is -0.481 e. The van der Waals surface area contributed by atoms with Crippen LogP contribution in [-0.4, -0.2) is 65.1 Å². The molecule has 0 aliphatic heterocycles. The number of rotatable bonds is 10. The molecule has 1 atom stereocenters. The second-order valence-corrected chi connectivity index (χ2v) is 10.9. The Hall–Kier alpha value is -3.86. The first-order chi connectivity index (χ1) is 19.4. The van der Waals surface area contributed by atoms with Gasteiger partial charge in [0.2, 0.25) is 11.8 Å². The average molecular weight is 573 g/mol. The number of carbonyl (C=O) groups is 3. The molecule has 3 aromatic rings. The Bertz CT molecular complexity index is 1380. The Morgan fingerprint density at radius 3 is 2.39 bits per heavy atom. The minimum absolute atomic E-state index is 0.0641. The van der Waals surface area contributed by atoms with Crippen LogP contribution in [0.4, 0.5) is 29.3 Å². The van der Waals surface area contributed by atoms with Crippen LogP contribution in [0.25, 0.3) is 10.9 Å². The first-order valence-electron chi connectivity index (χ1n) is 13.7. The number of carbonyl (C=O) groups excluding carboxylic acids is 2. The molecule has 1 heterocycles. The van der Waals surface area contributed by atoms with Gasteiger partial charge in [-0.25, -0.2) is 18.0 Å². The zero-order valence-corrected chi connectivity index (χ0v) is 23.2. The zero-order chi connectivity index (χ0) is 29.7. The number of halogens is 3. The van der Waals surface area contributed by atoms with E-state index in [-0.39, 0.29) is 49.6 Å². The number of alkyl halides is 2. The molecule has 2 aromatic carbocycles. The van der Waals surface area contributed by atoms with Crippen molar-refractivity contribution in [3.8, 4) is 0 Å². The number of carboxylic acids is 1. The third-order valence-electron chi connectivity index (χ3n) is 7.56. The first kappa shape index (κ1) is 30.1. The van der Waals surface area contributed by atoms with Gasteiger partial charge in [0.05, 0.1) is 17.1 Å². The van der Waals surface area contributed by atoms with Crippen LogP contribution in [0.2, 0.25) is 0 Å². The van der Waals surface area contributed by atoms with Crippen LogP contribution >= 0.6 is 0 Å². The van der Waals surface area contributed by atoms with Crippen molar-refractivity contribution in [2.75, 3.05) is 30.9 Å². The van der Waals surface area contributed by atoms with E-state index in [2.05, 4.69) is 5.32 Å². The maximum Gasteiger partial charge on any atom is 0.326 e. The minimum atomic E-state index is -2.77. The van der Waals surface area contributed by atoms with E-state index in [1.807, 2.05) is 19.0 Å². The number of benzene rings is 2. The number of fused-ring (bicyclic) bond motifs is 1. The molecule has 41 heavy (non-hydrogen) atoms. The van der Waals surface area contributed by atoms with E-state index in [1.54, 1.807) is 30.3 Å². The predicted molar refractivity (Wildman–Crippen MR) is 151 cm³/mol. The Morgan fingerprint density at radius 1 is 1.07 bits per heavy atom. The molecule has 1 aromatic heterocycles. The van der Waals surface area contributed by atoms with Crippen molar-refractivity contribution in [3.05, 3.63) is 60.5 Å². The highest BCUT2D eigenvalue weighted by Gasteiger charge is 2.39. The summed E-state index contributed by atoms with van der Waals surface area (Å²) in [5.74, 6) is -5.42. The maximum atomic E-state index is 14.3. The van der Waals surface area contributed by atoms with Crippen molar-refractivity contribution in [1.82, 2.24) is 9.47 Å². The Balaban J connectivity index is 1.59. The molecule has 1 fully saturated rings. The fourth-order valence-corrected chi connectivity index (χ4v) is 5.27. The van der Waals surface area contributed by atoms with Crippen LogP contribution in [0.3, 0.4) is 0 Å². The van der Waals surface area contributed by atoms with Crippen LogP contribution in [0, 0.1) is 11.7 Å². The SMILES string of the molecule is CN(C)CCC(CCC(=O)n1cc(NC(=O)N(c2ccccc2)C2CCC(F)(F)CC2)c2cc(F)ccc21)C(=O)O. The number of anilines is 2. The molecule has 0 bridgehead atoms. The van der Waals surface area contributed by atoms with E-state index >= 15 is 0 Å². The highest BCUT2D eigenvalue weighted by atomic mass is 19.3. The van der Waals surface area contributed by atoms with Crippen molar-refractivity contribution < 1.29 is 32.7 Å². The lowest BCUT2D eigenvalue weighted by atomic mass is 9.91. The quantitative estimate of drug-likeness (QED) is 0.290. The monoisotopic (exact) mass is 572 g/mol. The second kappa shape index (κ2) is 12.8. The van der Waals surface area contributed by atoms with Crippen molar-refractivity contribution in [1.29, 1.82) is 0 Å². The number of carboxylic acid groups (broad SMARTS) is 1. The predicted octanol–water partition coefficient (Wildman–Crippen LogP) is 6.47. The number of aliphatic carboxylic acids is 1. The molecular formula is C30H35F3N4O4. The van der Waals surface area contributed by atoms with Gasteiger partial charge in [0.1, 0.15) is 5.82 Å². The van der Waals surface area contributed by atoms with E-state index in [9.17, 15) is 32.7 Å². The fraction of sp³-hybridized carbons (Fsp3) is 0.433. The lowest BCUT2D eigenvalue weighted by Gasteiger charge is -2.36. The number of hydrogen-bond acceptors (Lipinski definition) is 4. The molecule has 1 aliphatic rings. The van der Waals surface area contributed by atoms with Gasteiger partial charge in [-0.3, -0.25) is 19.1 Å². The Kier molecular flexibility index (Phi) is 9.37. The molecule has 0 saturated heterocycles. The number of para-hydroxylation sites is 1. The molecule has 11 heteroatoms. The van der Waals surface area contributed by atoms with Gasteiger partial charge in [-0.1, -0.05) is 18.2 Å². The first-order valence-corrected chi connectivity index (χ1v) is 13.7. The number of aromatic nitrogens is 1. The Morgan fingerprint density at radius 2 is 1.76 bits per heavy atom. The van der Waals surface area contributed by atoms with Gasteiger partial charge in [0.25, 0.3) is 0 Å². The van der Waals surface area contributed by atoms with Crippen LogP contribution in [0.5, 0.6) is 0 Å². The molecule has 2 N–H and O–H groups in total. The van der Waals surface area contributed by atoms with E-state index in [0.717, 1.165) is 0 Å². The van der Waals surface area contributed by atoms with Crippen LogP contribution < -0.4 is 10.2 Å². The van der Waals surface area contributed by atoms with Crippen LogP contribution in [0.1, 0.15) is 49.7 Å². The number of amides is 2. The van der Waals surface area contributed by atoms with E-state index in [4.69, 9.17) is 0 Å². The molecule has 1 unspecified atom stereocenters. The summed E-state index contributed by atoms with van der Waals surface area (Å²) >= 11 is 0. The standard InChI is InChI=1S/C30H35F3N4O4/c1-35(2)17-14-20(28(39)40)8-11-27(38)36-19-25(24-18-21(31)9-10-26(24)36)34-29(41)37(22-6-4-3-5-7-22)23-12-15-30(32,33)16-13-23/h3-7,9-10,18-20,23H,8,11-17H2,1-2H3,(H,34,41)(H,39,40). The van der Waals surface area contributed by atoms with Crippen molar-refractivity contribution in [2.45, 2.75) is 56.9 Å². The summed E-state index contributed by atoms with van der Waals surface area (Å²) in [6.45, 7) is 0.559. The van der Waals surface area contributed by atoms with Crippen molar-refractivity contribution in [2.24, 2.45) is 5.92 Å². The van der Waals surface area contributed by atoms with E-state index < -0.39 is 41.6 Å². The van der Waals surface area contributed by atoms with Crippen molar-refractivity contribution in [3.63, 3.8) is 0 Å².